The van der Waals surface area contributed by atoms with Crippen LogP contribution in [-0.4, -0.2) is 9.91 Å². The summed E-state index contributed by atoms with van der Waals surface area (Å²) in [5, 5.41) is 10.8. The van der Waals surface area contributed by atoms with Crippen LogP contribution in [0.3, 0.4) is 0 Å². The van der Waals surface area contributed by atoms with Crippen LogP contribution in [0.4, 0.5) is 10.1 Å². The molecule has 0 aliphatic carbocycles. The molecule has 1 aromatic heterocycles. The Bertz CT molecular complexity index is 629. The van der Waals surface area contributed by atoms with Gasteiger partial charge in [0.05, 0.1) is 4.92 Å². The van der Waals surface area contributed by atoms with Crippen molar-refractivity contribution in [2.45, 2.75) is 13.0 Å². The molecule has 2 rings (SSSR count). The molecular weight excluding hydrogens is 265 g/mol. The maximum atomic E-state index is 13.6. The van der Waals surface area contributed by atoms with Crippen molar-refractivity contribution in [2.75, 3.05) is 0 Å². The van der Waals surface area contributed by atoms with E-state index in [2.05, 4.69) is 4.98 Å². The fraction of sp³-hybridized carbons (Fsp3) is 0.154. The molecule has 0 radical (unpaired) electrons. The number of hydrogen-bond acceptors (Lipinski definition) is 5. The van der Waals surface area contributed by atoms with Gasteiger partial charge in [0.1, 0.15) is 0 Å². The average molecular weight is 277 g/mol. The summed E-state index contributed by atoms with van der Waals surface area (Å²) >= 11 is 0. The Balaban J connectivity index is 2.32. The fourth-order valence-electron chi connectivity index (χ4n) is 1.57. The lowest BCUT2D eigenvalue weighted by Crippen LogP contribution is -2.05. The van der Waals surface area contributed by atoms with Gasteiger partial charge in [0, 0.05) is 24.4 Å². The van der Waals surface area contributed by atoms with E-state index in [1.165, 1.54) is 18.3 Å². The van der Waals surface area contributed by atoms with E-state index in [0.717, 1.165) is 17.7 Å². The van der Waals surface area contributed by atoms with Crippen molar-refractivity contribution in [1.82, 2.24) is 4.98 Å². The molecule has 0 saturated heterocycles. The van der Waals surface area contributed by atoms with Crippen LogP contribution in [0, 0.1) is 15.9 Å². The highest BCUT2D eigenvalue weighted by atomic mass is 19.1. The molecule has 0 fully saturated rings. The van der Waals surface area contributed by atoms with Gasteiger partial charge in [-0.3, -0.25) is 10.1 Å². The number of nitro benzene ring substituents is 1. The molecule has 0 saturated carbocycles. The molecule has 6 nitrogen and oxygen atoms in total. The van der Waals surface area contributed by atoms with Gasteiger partial charge >= 0.3 is 5.69 Å². The molecule has 20 heavy (non-hydrogen) atoms. The van der Waals surface area contributed by atoms with Crippen LogP contribution in [0.25, 0.3) is 0 Å². The van der Waals surface area contributed by atoms with Crippen molar-refractivity contribution in [2.24, 2.45) is 5.73 Å². The molecule has 0 unspecified atom stereocenters. The summed E-state index contributed by atoms with van der Waals surface area (Å²) in [5.74, 6) is -1.22. The van der Waals surface area contributed by atoms with Crippen LogP contribution in [0.1, 0.15) is 18.5 Å². The summed E-state index contributed by atoms with van der Waals surface area (Å²) < 4.78 is 18.8. The van der Waals surface area contributed by atoms with Crippen molar-refractivity contribution in [1.29, 1.82) is 0 Å². The highest BCUT2D eigenvalue weighted by Crippen LogP contribution is 2.33. The Kier molecular flexibility index (Phi) is 3.90. The Morgan fingerprint density at radius 1 is 1.40 bits per heavy atom. The van der Waals surface area contributed by atoms with Crippen LogP contribution in [-0.2, 0) is 0 Å². The third-order valence-electron chi connectivity index (χ3n) is 2.63. The highest BCUT2D eigenvalue weighted by molar-refractivity contribution is 5.48. The number of nitrogens with zero attached hydrogens (tertiary/aromatic N) is 2. The second-order valence-corrected chi connectivity index (χ2v) is 4.17. The van der Waals surface area contributed by atoms with E-state index in [1.807, 2.05) is 0 Å². The summed E-state index contributed by atoms with van der Waals surface area (Å²) in [4.78, 5) is 14.1. The van der Waals surface area contributed by atoms with Gasteiger partial charge in [-0.15, -0.1) is 0 Å². The third-order valence-corrected chi connectivity index (χ3v) is 2.63. The number of ether oxygens (including phenoxy) is 1. The standard InChI is InChI=1S/C13H12FN3O3/c1-8(15)9-5-6-12(16-7-9)20-13-10(14)3-2-4-11(13)17(18)19/h2-8H,15H2,1H3/t8-/m1/s1. The summed E-state index contributed by atoms with van der Waals surface area (Å²) in [6, 6.07) is 6.44. The van der Waals surface area contributed by atoms with Crippen molar-refractivity contribution >= 4 is 5.69 Å². The largest absolute Gasteiger partial charge is 0.429 e. The fourth-order valence-corrected chi connectivity index (χ4v) is 1.57. The quantitative estimate of drug-likeness (QED) is 0.685. The minimum atomic E-state index is -0.822. The molecule has 2 aromatic rings. The molecule has 1 heterocycles. The second-order valence-electron chi connectivity index (χ2n) is 4.17. The van der Waals surface area contributed by atoms with Gasteiger partial charge in [0.2, 0.25) is 11.6 Å². The number of benzene rings is 1. The first-order chi connectivity index (χ1) is 9.49. The maximum absolute atomic E-state index is 13.6. The van der Waals surface area contributed by atoms with E-state index in [4.69, 9.17) is 10.5 Å². The van der Waals surface area contributed by atoms with E-state index < -0.39 is 22.2 Å². The SMILES string of the molecule is C[C@@H](N)c1ccc(Oc2c(F)cccc2[N+](=O)[O-])nc1. The smallest absolute Gasteiger partial charge is 0.314 e. The van der Waals surface area contributed by atoms with E-state index >= 15 is 0 Å². The van der Waals surface area contributed by atoms with E-state index in [-0.39, 0.29) is 11.9 Å². The normalized spacial score (nSPS) is 11.9. The second kappa shape index (κ2) is 5.62. The maximum Gasteiger partial charge on any atom is 0.314 e. The molecule has 0 bridgehead atoms. The predicted octanol–water partition coefficient (Wildman–Crippen LogP) is 2.94. The molecule has 0 aliphatic heterocycles. The van der Waals surface area contributed by atoms with Gasteiger partial charge in [-0.2, -0.15) is 0 Å². The molecule has 0 amide bonds. The molecule has 1 atom stereocenters. The van der Waals surface area contributed by atoms with Crippen molar-refractivity contribution in [3.8, 4) is 11.6 Å². The number of aromatic nitrogens is 1. The summed E-state index contributed by atoms with van der Waals surface area (Å²) in [7, 11) is 0. The summed E-state index contributed by atoms with van der Waals surface area (Å²) in [6.07, 6.45) is 1.48. The van der Waals surface area contributed by atoms with Crippen molar-refractivity contribution in [3.63, 3.8) is 0 Å². The number of para-hydroxylation sites is 1. The zero-order valence-corrected chi connectivity index (χ0v) is 10.6. The van der Waals surface area contributed by atoms with Crippen LogP contribution < -0.4 is 10.5 Å². The lowest BCUT2D eigenvalue weighted by molar-refractivity contribution is -0.385. The number of rotatable bonds is 4. The lowest BCUT2D eigenvalue weighted by atomic mass is 10.2. The number of nitrogens with two attached hydrogens (primary N) is 1. The summed E-state index contributed by atoms with van der Waals surface area (Å²) in [5.41, 5.74) is 6.00. The number of hydrogen-bond donors (Lipinski definition) is 1. The van der Waals surface area contributed by atoms with Gasteiger partial charge < -0.3 is 10.5 Å². The minimum absolute atomic E-state index is 0.0580. The molecular formula is C13H12FN3O3. The Labute approximate surface area is 114 Å². The van der Waals surface area contributed by atoms with Crippen LogP contribution >= 0.6 is 0 Å². The molecule has 2 N–H and O–H groups in total. The van der Waals surface area contributed by atoms with Crippen molar-refractivity contribution < 1.29 is 14.1 Å². The monoisotopic (exact) mass is 277 g/mol. The van der Waals surface area contributed by atoms with Gasteiger partial charge in [0.25, 0.3) is 0 Å². The first kappa shape index (κ1) is 13.9. The summed E-state index contributed by atoms with van der Waals surface area (Å²) in [6.45, 7) is 1.79. The van der Waals surface area contributed by atoms with E-state index in [1.54, 1.807) is 13.0 Å². The topological polar surface area (TPSA) is 91.3 Å². The molecule has 104 valence electrons. The molecule has 0 spiro atoms. The first-order valence-corrected chi connectivity index (χ1v) is 5.81. The Morgan fingerprint density at radius 2 is 2.15 bits per heavy atom. The Morgan fingerprint density at radius 3 is 2.70 bits per heavy atom. The lowest BCUT2D eigenvalue weighted by Gasteiger charge is -2.08. The van der Waals surface area contributed by atoms with E-state index in [0.29, 0.717) is 0 Å². The van der Waals surface area contributed by atoms with Gasteiger partial charge in [0.15, 0.2) is 5.82 Å². The number of halogens is 1. The Hall–Kier alpha value is -2.54. The van der Waals surface area contributed by atoms with Crippen LogP contribution in [0.5, 0.6) is 11.6 Å². The van der Waals surface area contributed by atoms with E-state index in [9.17, 15) is 14.5 Å². The minimum Gasteiger partial charge on any atom is -0.429 e. The van der Waals surface area contributed by atoms with Crippen LogP contribution in [0.15, 0.2) is 36.5 Å². The predicted molar refractivity (Wildman–Crippen MR) is 70.0 cm³/mol. The molecule has 1 aromatic carbocycles. The van der Waals surface area contributed by atoms with Gasteiger partial charge in [-0.05, 0) is 18.6 Å². The first-order valence-electron chi connectivity index (χ1n) is 5.81. The zero-order chi connectivity index (χ0) is 14.7. The van der Waals surface area contributed by atoms with Crippen molar-refractivity contribution in [3.05, 3.63) is 58.0 Å². The van der Waals surface area contributed by atoms with Gasteiger partial charge in [-0.25, -0.2) is 9.37 Å². The number of pyridine rings is 1. The average Bonchev–Trinajstić information content (AvgIpc) is 2.41. The molecule has 0 aliphatic rings. The van der Waals surface area contributed by atoms with Gasteiger partial charge in [-0.1, -0.05) is 12.1 Å². The number of nitro groups is 1. The zero-order valence-electron chi connectivity index (χ0n) is 10.6. The molecule has 7 heteroatoms. The highest BCUT2D eigenvalue weighted by Gasteiger charge is 2.20. The third kappa shape index (κ3) is 2.89. The van der Waals surface area contributed by atoms with Crippen LogP contribution in [0.2, 0.25) is 0 Å².